The van der Waals surface area contributed by atoms with Crippen molar-refractivity contribution in [2.45, 2.75) is 161 Å². The van der Waals surface area contributed by atoms with E-state index in [0.29, 0.717) is 12.8 Å². The molecule has 0 bridgehead atoms. The summed E-state index contributed by atoms with van der Waals surface area (Å²) in [6.45, 7) is 3.96. The van der Waals surface area contributed by atoms with Crippen molar-refractivity contribution < 1.29 is 24.2 Å². The largest absolute Gasteiger partial charge is 0.462 e. The van der Waals surface area contributed by atoms with E-state index in [1.165, 1.54) is 44.9 Å². The molecule has 0 aromatic rings. The fourth-order valence-electron chi connectivity index (χ4n) is 4.60. The molecule has 0 aliphatic carbocycles. The van der Waals surface area contributed by atoms with E-state index in [0.717, 1.165) is 83.5 Å². The quantitative estimate of drug-likeness (QED) is 0.0478. The van der Waals surface area contributed by atoms with Gasteiger partial charge in [-0.2, -0.15) is 0 Å². The molecule has 0 spiro atoms. The number of hydrogen-bond acceptors (Lipinski definition) is 5. The monoisotopic (exact) mass is 614 g/mol. The first kappa shape index (κ1) is 41.6. The van der Waals surface area contributed by atoms with Gasteiger partial charge >= 0.3 is 11.9 Å². The third-order valence-electron chi connectivity index (χ3n) is 7.30. The highest BCUT2D eigenvalue weighted by atomic mass is 16.6. The standard InChI is InChI=1S/C39H66O5/c1-3-5-7-9-11-13-15-17-18-19-20-22-24-26-28-30-32-34-39(42)44-37(35-40)36-43-38(41)33-31-29-27-25-23-21-16-14-12-10-8-6-4-2/h5,7,11,13-14,16-18,20,22,37,40H,3-4,6,8-10,12,15,19,21,23-36H2,1-2H3/b7-5-,13-11-,16-14-,18-17-,22-20-. The average molecular weight is 615 g/mol. The van der Waals surface area contributed by atoms with Gasteiger partial charge < -0.3 is 14.6 Å². The second-order valence-electron chi connectivity index (χ2n) is 11.6. The maximum atomic E-state index is 12.1. The van der Waals surface area contributed by atoms with Crippen LogP contribution in [0.5, 0.6) is 0 Å². The van der Waals surface area contributed by atoms with Gasteiger partial charge in [0.15, 0.2) is 6.10 Å². The van der Waals surface area contributed by atoms with Crippen molar-refractivity contribution in [1.82, 2.24) is 0 Å². The molecule has 0 rings (SSSR count). The van der Waals surface area contributed by atoms with Crippen molar-refractivity contribution in [2.24, 2.45) is 0 Å². The van der Waals surface area contributed by atoms with Gasteiger partial charge in [0.05, 0.1) is 6.61 Å². The average Bonchev–Trinajstić information content (AvgIpc) is 3.02. The van der Waals surface area contributed by atoms with Crippen LogP contribution >= 0.6 is 0 Å². The normalized spacial score (nSPS) is 12.9. The zero-order chi connectivity index (χ0) is 32.2. The molecular weight excluding hydrogens is 548 g/mol. The number of allylic oxidation sites excluding steroid dienone is 10. The number of rotatable bonds is 31. The van der Waals surface area contributed by atoms with E-state index in [9.17, 15) is 14.7 Å². The Morgan fingerprint density at radius 1 is 0.545 bits per heavy atom. The van der Waals surface area contributed by atoms with Crippen molar-refractivity contribution in [1.29, 1.82) is 0 Å². The Hall–Kier alpha value is -2.40. The van der Waals surface area contributed by atoms with Crippen molar-refractivity contribution in [2.75, 3.05) is 13.2 Å². The van der Waals surface area contributed by atoms with Crippen LogP contribution in [0, 0.1) is 0 Å². The molecule has 0 radical (unpaired) electrons. The van der Waals surface area contributed by atoms with Crippen molar-refractivity contribution in [3.63, 3.8) is 0 Å². The number of carbonyl (C=O) groups is 2. The van der Waals surface area contributed by atoms with E-state index in [1.54, 1.807) is 0 Å². The fraction of sp³-hybridized carbons (Fsp3) is 0.692. The van der Waals surface area contributed by atoms with Crippen LogP contribution in [0.4, 0.5) is 0 Å². The maximum Gasteiger partial charge on any atom is 0.306 e. The van der Waals surface area contributed by atoms with Gasteiger partial charge in [-0.1, -0.05) is 126 Å². The topological polar surface area (TPSA) is 72.8 Å². The lowest BCUT2D eigenvalue weighted by atomic mass is 10.1. The minimum Gasteiger partial charge on any atom is -0.462 e. The Kier molecular flexibility index (Phi) is 33.2. The number of unbranched alkanes of at least 4 members (excludes halogenated alkanes) is 13. The Morgan fingerprint density at radius 3 is 1.50 bits per heavy atom. The second-order valence-corrected chi connectivity index (χ2v) is 11.6. The molecule has 0 aliphatic heterocycles. The van der Waals surface area contributed by atoms with Crippen LogP contribution in [-0.4, -0.2) is 36.4 Å². The first-order valence-corrected chi connectivity index (χ1v) is 17.8. The summed E-state index contributed by atoms with van der Waals surface area (Å²) in [6.07, 6.45) is 44.1. The maximum absolute atomic E-state index is 12.1. The summed E-state index contributed by atoms with van der Waals surface area (Å²) in [4.78, 5) is 24.2. The molecule has 1 atom stereocenters. The van der Waals surface area contributed by atoms with Crippen LogP contribution in [0.15, 0.2) is 60.8 Å². The summed E-state index contributed by atoms with van der Waals surface area (Å²) in [5.41, 5.74) is 0. The van der Waals surface area contributed by atoms with Crippen LogP contribution in [0.1, 0.15) is 155 Å². The van der Waals surface area contributed by atoms with Gasteiger partial charge in [-0.05, 0) is 77.0 Å². The molecule has 0 aromatic carbocycles. The first-order valence-electron chi connectivity index (χ1n) is 17.8. The Labute approximate surface area is 271 Å². The molecule has 0 fully saturated rings. The summed E-state index contributed by atoms with van der Waals surface area (Å²) >= 11 is 0. The molecule has 5 heteroatoms. The van der Waals surface area contributed by atoms with E-state index < -0.39 is 6.10 Å². The van der Waals surface area contributed by atoms with Crippen molar-refractivity contribution >= 4 is 11.9 Å². The second kappa shape index (κ2) is 35.1. The molecule has 0 aliphatic rings. The molecule has 252 valence electrons. The van der Waals surface area contributed by atoms with Gasteiger partial charge in [0, 0.05) is 12.8 Å². The fourth-order valence-corrected chi connectivity index (χ4v) is 4.60. The minimum atomic E-state index is -0.788. The lowest BCUT2D eigenvalue weighted by molar-refractivity contribution is -0.161. The Morgan fingerprint density at radius 2 is 0.977 bits per heavy atom. The van der Waals surface area contributed by atoms with E-state index >= 15 is 0 Å². The molecule has 0 amide bonds. The molecule has 1 N–H and O–H groups in total. The molecule has 0 heterocycles. The van der Waals surface area contributed by atoms with Crippen LogP contribution in [0.3, 0.4) is 0 Å². The molecule has 5 nitrogen and oxygen atoms in total. The Balaban J connectivity index is 3.66. The summed E-state index contributed by atoms with van der Waals surface area (Å²) in [5, 5.41) is 9.52. The molecule has 0 saturated carbocycles. The van der Waals surface area contributed by atoms with Gasteiger partial charge in [0.1, 0.15) is 6.61 Å². The van der Waals surface area contributed by atoms with E-state index in [4.69, 9.17) is 9.47 Å². The number of hydrogen-bond donors (Lipinski definition) is 1. The van der Waals surface area contributed by atoms with E-state index in [1.807, 2.05) is 0 Å². The molecule has 0 aromatic heterocycles. The zero-order valence-electron chi connectivity index (χ0n) is 28.4. The number of esters is 2. The summed E-state index contributed by atoms with van der Waals surface area (Å²) in [7, 11) is 0. The van der Waals surface area contributed by atoms with E-state index in [2.05, 4.69) is 74.6 Å². The predicted molar refractivity (Wildman–Crippen MR) is 187 cm³/mol. The van der Waals surface area contributed by atoms with Gasteiger partial charge in [0.2, 0.25) is 0 Å². The summed E-state index contributed by atoms with van der Waals surface area (Å²) in [6, 6.07) is 0. The van der Waals surface area contributed by atoms with Gasteiger partial charge in [-0.25, -0.2) is 0 Å². The number of aliphatic hydroxyl groups excluding tert-OH is 1. The third-order valence-corrected chi connectivity index (χ3v) is 7.30. The smallest absolute Gasteiger partial charge is 0.306 e. The highest BCUT2D eigenvalue weighted by molar-refractivity contribution is 5.70. The minimum absolute atomic E-state index is 0.0826. The predicted octanol–water partition coefficient (Wildman–Crippen LogP) is 10.8. The molecule has 0 saturated heterocycles. The van der Waals surface area contributed by atoms with Gasteiger partial charge in [-0.15, -0.1) is 0 Å². The lowest BCUT2D eigenvalue weighted by Gasteiger charge is -2.15. The number of ether oxygens (including phenoxy) is 2. The van der Waals surface area contributed by atoms with Crippen molar-refractivity contribution in [3.05, 3.63) is 60.8 Å². The number of carbonyl (C=O) groups excluding carboxylic acids is 2. The first-order chi connectivity index (χ1) is 21.6. The summed E-state index contributed by atoms with van der Waals surface area (Å²) in [5.74, 6) is -0.635. The van der Waals surface area contributed by atoms with Crippen molar-refractivity contribution in [3.8, 4) is 0 Å². The van der Waals surface area contributed by atoms with Crippen LogP contribution in [0.2, 0.25) is 0 Å². The highest BCUT2D eigenvalue weighted by Gasteiger charge is 2.16. The third kappa shape index (κ3) is 32.5. The van der Waals surface area contributed by atoms with Gasteiger partial charge in [-0.3, -0.25) is 9.59 Å². The number of aliphatic hydroxyl groups is 1. The zero-order valence-corrected chi connectivity index (χ0v) is 28.4. The Bertz CT molecular complexity index is 792. The SMILES string of the molecule is CC/C=C\C/C=C\C/C=C\C/C=C\CCCCCCC(=O)OC(CO)COC(=O)CCCCCCC/C=C\CCCCCC. The molecular formula is C39H66O5. The molecule has 44 heavy (non-hydrogen) atoms. The van der Waals surface area contributed by atoms with Crippen LogP contribution in [0.25, 0.3) is 0 Å². The van der Waals surface area contributed by atoms with Crippen LogP contribution < -0.4 is 0 Å². The summed E-state index contributed by atoms with van der Waals surface area (Å²) < 4.78 is 10.5. The van der Waals surface area contributed by atoms with Crippen LogP contribution in [-0.2, 0) is 19.1 Å². The lowest BCUT2D eigenvalue weighted by Crippen LogP contribution is -2.28. The van der Waals surface area contributed by atoms with E-state index in [-0.39, 0.29) is 25.2 Å². The van der Waals surface area contributed by atoms with Gasteiger partial charge in [0.25, 0.3) is 0 Å². The molecule has 1 unspecified atom stereocenters. The highest BCUT2D eigenvalue weighted by Crippen LogP contribution is 2.11.